The molecule has 0 fully saturated rings. The van der Waals surface area contributed by atoms with Crippen molar-refractivity contribution in [2.75, 3.05) is 4.90 Å². The number of hydrogen-bond acceptors (Lipinski definition) is 1. The third-order valence-corrected chi connectivity index (χ3v) is 10.7. The maximum absolute atomic E-state index is 2.47. The van der Waals surface area contributed by atoms with Crippen LogP contribution in [0.15, 0.2) is 182 Å². The van der Waals surface area contributed by atoms with Gasteiger partial charge in [-0.2, -0.15) is 0 Å². The second-order valence-corrected chi connectivity index (χ2v) is 13.3. The predicted molar refractivity (Wildman–Crippen MR) is 214 cm³/mol. The van der Waals surface area contributed by atoms with E-state index in [1.54, 1.807) is 0 Å². The van der Waals surface area contributed by atoms with Crippen LogP contribution in [0.2, 0.25) is 0 Å². The number of anilines is 3. The zero-order valence-corrected chi connectivity index (χ0v) is 27.2. The van der Waals surface area contributed by atoms with Gasteiger partial charge in [-0.15, -0.1) is 0 Å². The Kier molecular flexibility index (Phi) is 5.70. The van der Waals surface area contributed by atoms with Gasteiger partial charge in [0.15, 0.2) is 0 Å². The minimum absolute atomic E-state index is 1.12. The Morgan fingerprint density at radius 1 is 0.280 bits per heavy atom. The quantitative estimate of drug-likeness (QED) is 0.175. The van der Waals surface area contributed by atoms with Crippen molar-refractivity contribution >= 4 is 87.5 Å². The van der Waals surface area contributed by atoms with Gasteiger partial charge in [-0.05, 0) is 85.9 Å². The molecule has 0 radical (unpaired) electrons. The highest BCUT2D eigenvalue weighted by Gasteiger charge is 2.20. The molecule has 0 amide bonds. The second-order valence-electron chi connectivity index (χ2n) is 13.3. The van der Waals surface area contributed by atoms with Gasteiger partial charge in [0, 0.05) is 38.6 Å². The Hall–Kier alpha value is -6.64. The number of benzene rings is 9. The van der Waals surface area contributed by atoms with Crippen molar-refractivity contribution in [3.8, 4) is 11.1 Å². The highest BCUT2D eigenvalue weighted by molar-refractivity contribution is 6.26. The first-order chi connectivity index (χ1) is 24.8. The average molecular weight is 635 g/mol. The Morgan fingerprint density at radius 2 is 0.740 bits per heavy atom. The molecule has 0 N–H and O–H groups in total. The van der Waals surface area contributed by atoms with Crippen LogP contribution < -0.4 is 4.90 Å². The molecule has 0 aliphatic carbocycles. The van der Waals surface area contributed by atoms with E-state index in [0.717, 1.165) is 17.1 Å². The average Bonchev–Trinajstić information content (AvgIpc) is 3.71. The van der Waals surface area contributed by atoms with Crippen LogP contribution in [0.3, 0.4) is 0 Å². The summed E-state index contributed by atoms with van der Waals surface area (Å²) in [6.45, 7) is 0. The van der Waals surface area contributed by atoms with Crippen molar-refractivity contribution in [1.82, 2.24) is 4.40 Å². The van der Waals surface area contributed by atoms with Gasteiger partial charge in [0.25, 0.3) is 0 Å². The molecule has 11 rings (SSSR count). The first kappa shape index (κ1) is 27.3. The van der Waals surface area contributed by atoms with Crippen molar-refractivity contribution in [2.45, 2.75) is 0 Å². The first-order valence-corrected chi connectivity index (χ1v) is 17.3. The molecular weight excluding hydrogens is 605 g/mol. The van der Waals surface area contributed by atoms with Crippen molar-refractivity contribution in [3.05, 3.63) is 182 Å². The van der Waals surface area contributed by atoms with Crippen molar-refractivity contribution in [3.63, 3.8) is 0 Å². The lowest BCUT2D eigenvalue weighted by molar-refractivity contribution is 1.29. The summed E-state index contributed by atoms with van der Waals surface area (Å²) >= 11 is 0. The summed E-state index contributed by atoms with van der Waals surface area (Å²) < 4.78 is 2.47. The fourth-order valence-corrected chi connectivity index (χ4v) is 8.47. The summed E-state index contributed by atoms with van der Waals surface area (Å²) in [6.07, 6.45) is 0. The van der Waals surface area contributed by atoms with Crippen molar-refractivity contribution < 1.29 is 0 Å². The second kappa shape index (κ2) is 10.4. The van der Waals surface area contributed by atoms with E-state index in [0.29, 0.717) is 0 Å². The molecule has 232 valence electrons. The summed E-state index contributed by atoms with van der Waals surface area (Å²) in [5, 5.41) is 12.8. The predicted octanol–water partition coefficient (Wildman–Crippen LogP) is 13.4. The van der Waals surface area contributed by atoms with Gasteiger partial charge >= 0.3 is 0 Å². The smallest absolute Gasteiger partial charge is 0.0620 e. The van der Waals surface area contributed by atoms with Gasteiger partial charge < -0.3 is 9.30 Å². The lowest BCUT2D eigenvalue weighted by atomic mass is 9.94. The fourth-order valence-electron chi connectivity index (χ4n) is 8.47. The standard InChI is InChI=1S/C48H30N2/c1-2-11-31(12-3-1)32-21-23-33(24-22-32)49(34-25-27-40-38-15-5-4-13-36(38)37-14-6-7-16-39(37)45(40)29-34)35-26-28-42-44-19-10-18-43-41-17-8-9-20-46(41)50(48(43)44)47(42)30-35/h1-30H. The zero-order valence-electron chi connectivity index (χ0n) is 27.2. The van der Waals surface area contributed by atoms with Crippen molar-refractivity contribution in [2.24, 2.45) is 0 Å². The molecule has 0 atom stereocenters. The van der Waals surface area contributed by atoms with E-state index in [1.165, 1.54) is 81.5 Å². The van der Waals surface area contributed by atoms with Gasteiger partial charge in [0.1, 0.15) is 0 Å². The highest BCUT2D eigenvalue weighted by atomic mass is 15.1. The van der Waals surface area contributed by atoms with Gasteiger partial charge in [0.05, 0.1) is 16.6 Å². The van der Waals surface area contributed by atoms with E-state index >= 15 is 0 Å². The van der Waals surface area contributed by atoms with E-state index in [4.69, 9.17) is 0 Å². The minimum atomic E-state index is 1.12. The third-order valence-electron chi connectivity index (χ3n) is 10.7. The molecule has 50 heavy (non-hydrogen) atoms. The molecule has 2 heterocycles. The largest absolute Gasteiger partial charge is 0.310 e. The van der Waals surface area contributed by atoms with Crippen LogP contribution in [0.25, 0.3) is 81.5 Å². The van der Waals surface area contributed by atoms with Crippen LogP contribution in [0, 0.1) is 0 Å². The lowest BCUT2D eigenvalue weighted by Gasteiger charge is -2.26. The Labute approximate surface area is 289 Å². The summed E-state index contributed by atoms with van der Waals surface area (Å²) in [5.41, 5.74) is 9.55. The topological polar surface area (TPSA) is 7.65 Å². The highest BCUT2D eigenvalue weighted by Crippen LogP contribution is 2.44. The summed E-state index contributed by atoms with van der Waals surface area (Å²) in [6, 6.07) is 66.7. The van der Waals surface area contributed by atoms with Crippen LogP contribution in [0.1, 0.15) is 0 Å². The molecule has 0 unspecified atom stereocenters. The number of hydrogen-bond donors (Lipinski definition) is 0. The maximum atomic E-state index is 2.47. The molecule has 11 aromatic rings. The van der Waals surface area contributed by atoms with Crippen LogP contribution >= 0.6 is 0 Å². The molecule has 0 aliphatic heterocycles. The van der Waals surface area contributed by atoms with E-state index in [-0.39, 0.29) is 0 Å². The monoisotopic (exact) mass is 634 g/mol. The molecule has 2 nitrogen and oxygen atoms in total. The van der Waals surface area contributed by atoms with Gasteiger partial charge in [0.2, 0.25) is 0 Å². The lowest BCUT2D eigenvalue weighted by Crippen LogP contribution is -2.10. The molecule has 2 aromatic heterocycles. The van der Waals surface area contributed by atoms with Gasteiger partial charge in [-0.25, -0.2) is 0 Å². The van der Waals surface area contributed by atoms with E-state index in [9.17, 15) is 0 Å². The fraction of sp³-hybridized carbons (Fsp3) is 0. The van der Waals surface area contributed by atoms with Crippen LogP contribution in [-0.4, -0.2) is 4.40 Å². The molecule has 9 aromatic carbocycles. The summed E-state index contributed by atoms with van der Waals surface area (Å²) in [7, 11) is 0. The normalized spacial score (nSPS) is 12.0. The molecular formula is C48H30N2. The molecule has 0 saturated heterocycles. The SMILES string of the molecule is c1ccc(-c2ccc(N(c3ccc4c5ccccc5c5ccccc5c4c3)c3ccc4c5cccc6c7ccccc7n(c4c3)c65)cc2)cc1. The summed E-state index contributed by atoms with van der Waals surface area (Å²) in [5.74, 6) is 0. The number of aromatic nitrogens is 1. The van der Waals surface area contributed by atoms with Gasteiger partial charge in [-0.3, -0.25) is 0 Å². The molecule has 0 bridgehead atoms. The van der Waals surface area contributed by atoms with Crippen LogP contribution in [0.4, 0.5) is 17.1 Å². The van der Waals surface area contributed by atoms with E-state index < -0.39 is 0 Å². The van der Waals surface area contributed by atoms with Crippen LogP contribution in [-0.2, 0) is 0 Å². The van der Waals surface area contributed by atoms with Crippen LogP contribution in [0.5, 0.6) is 0 Å². The number of para-hydroxylation sites is 2. The van der Waals surface area contributed by atoms with Gasteiger partial charge in [-0.1, -0.05) is 140 Å². The summed E-state index contributed by atoms with van der Waals surface area (Å²) in [4.78, 5) is 2.42. The molecule has 2 heteroatoms. The number of fused-ring (bicyclic) bond motifs is 12. The Morgan fingerprint density at radius 3 is 1.42 bits per heavy atom. The minimum Gasteiger partial charge on any atom is -0.310 e. The maximum Gasteiger partial charge on any atom is 0.0620 e. The Balaban J connectivity index is 1.19. The molecule has 0 spiro atoms. The van der Waals surface area contributed by atoms with E-state index in [1.807, 2.05) is 0 Å². The number of nitrogens with zero attached hydrogens (tertiary/aromatic N) is 2. The molecule has 0 saturated carbocycles. The van der Waals surface area contributed by atoms with Crippen molar-refractivity contribution in [1.29, 1.82) is 0 Å². The third kappa shape index (κ3) is 3.85. The first-order valence-electron chi connectivity index (χ1n) is 17.3. The molecule has 0 aliphatic rings. The Bertz CT molecular complexity index is 3040. The van der Waals surface area contributed by atoms with E-state index in [2.05, 4.69) is 191 Å². The zero-order chi connectivity index (χ0) is 32.8. The number of rotatable bonds is 4.